The molecular weight excluding hydrogens is 412 g/mol. The van der Waals surface area contributed by atoms with Crippen LogP contribution in [-0.2, 0) is 4.79 Å². The van der Waals surface area contributed by atoms with Gasteiger partial charge in [0.2, 0.25) is 5.75 Å². The molecule has 2 N–H and O–H groups in total. The number of nitrogens with one attached hydrogen (secondary N) is 1. The van der Waals surface area contributed by atoms with Crippen molar-refractivity contribution < 1.29 is 28.9 Å². The first-order valence-corrected chi connectivity index (χ1v) is 9.62. The molecule has 166 valence electrons. The van der Waals surface area contributed by atoms with Gasteiger partial charge in [0, 0.05) is 22.8 Å². The molecule has 32 heavy (non-hydrogen) atoms. The van der Waals surface area contributed by atoms with E-state index in [2.05, 4.69) is 0 Å². The van der Waals surface area contributed by atoms with Crippen molar-refractivity contribution in [2.24, 2.45) is 0 Å². The van der Waals surface area contributed by atoms with Crippen molar-refractivity contribution in [1.29, 1.82) is 0 Å². The summed E-state index contributed by atoms with van der Waals surface area (Å²) in [5.41, 5.74) is 5.29. The number of benzene rings is 2. The van der Waals surface area contributed by atoms with Gasteiger partial charge in [-0.15, -0.1) is 0 Å². The zero-order valence-corrected chi connectivity index (χ0v) is 18.2. The number of carbonyl (C=O) groups is 1. The lowest BCUT2D eigenvalue weighted by atomic mass is 10.0. The fraction of sp³-hybridized carbons (Fsp3) is 0.167. The van der Waals surface area contributed by atoms with E-state index in [0.717, 1.165) is 16.8 Å². The fourth-order valence-corrected chi connectivity index (χ4v) is 3.21. The van der Waals surface area contributed by atoms with Gasteiger partial charge in [-0.1, -0.05) is 6.07 Å². The summed E-state index contributed by atoms with van der Waals surface area (Å²) in [6.07, 6.45) is 2.76. The van der Waals surface area contributed by atoms with E-state index in [0.29, 0.717) is 34.3 Å². The Kier molecular flexibility index (Phi) is 7.30. The monoisotopic (exact) mass is 436 g/mol. The molecule has 0 radical (unpaired) electrons. The molecule has 0 unspecified atom stereocenters. The molecule has 3 aromatic rings. The topological polar surface area (TPSA) is 99.1 Å². The summed E-state index contributed by atoms with van der Waals surface area (Å²) in [6.45, 7) is 0. The third-order valence-electron chi connectivity index (χ3n) is 4.76. The number of hydrogen-bond acceptors (Lipinski definition) is 7. The van der Waals surface area contributed by atoms with E-state index in [9.17, 15) is 4.79 Å². The molecule has 8 nitrogen and oxygen atoms in total. The molecule has 0 aliphatic heterocycles. The van der Waals surface area contributed by atoms with Crippen LogP contribution in [0.2, 0.25) is 0 Å². The summed E-state index contributed by atoms with van der Waals surface area (Å²) in [4.78, 5) is 16.2. The van der Waals surface area contributed by atoms with Gasteiger partial charge in [0.05, 0.1) is 39.8 Å². The Morgan fingerprint density at radius 1 is 0.844 bits per heavy atom. The maximum atomic E-state index is 11.4. The highest BCUT2D eigenvalue weighted by Crippen LogP contribution is 2.41. The van der Waals surface area contributed by atoms with Crippen LogP contribution in [0.1, 0.15) is 5.56 Å². The molecule has 2 aromatic carbocycles. The van der Waals surface area contributed by atoms with Crippen molar-refractivity contribution in [2.45, 2.75) is 0 Å². The summed E-state index contributed by atoms with van der Waals surface area (Å²) in [5, 5.41) is 8.70. The van der Waals surface area contributed by atoms with Crippen LogP contribution in [0.3, 0.4) is 0 Å². The van der Waals surface area contributed by atoms with E-state index < -0.39 is 5.91 Å². The Labute approximate surface area is 186 Å². The smallest absolute Gasteiger partial charge is 0.267 e. The van der Waals surface area contributed by atoms with Gasteiger partial charge in [0.15, 0.2) is 11.5 Å². The maximum absolute atomic E-state index is 11.4. The first-order chi connectivity index (χ1) is 15.5. The predicted octanol–water partition coefficient (Wildman–Crippen LogP) is 3.97. The van der Waals surface area contributed by atoms with Crippen molar-refractivity contribution in [1.82, 2.24) is 10.5 Å². The Balaban J connectivity index is 2.05. The van der Waals surface area contributed by atoms with Crippen LogP contribution in [0.5, 0.6) is 23.0 Å². The van der Waals surface area contributed by atoms with Gasteiger partial charge >= 0.3 is 0 Å². The average molecular weight is 436 g/mol. The number of methoxy groups -OCH3 is 4. The number of ether oxygens (including phenoxy) is 4. The van der Waals surface area contributed by atoms with Gasteiger partial charge in [0.1, 0.15) is 5.75 Å². The summed E-state index contributed by atoms with van der Waals surface area (Å²) >= 11 is 0. The van der Waals surface area contributed by atoms with Crippen LogP contribution < -0.4 is 24.4 Å². The second kappa shape index (κ2) is 10.3. The number of amides is 1. The van der Waals surface area contributed by atoms with Crippen molar-refractivity contribution in [3.8, 4) is 45.5 Å². The van der Waals surface area contributed by atoms with E-state index >= 15 is 0 Å². The van der Waals surface area contributed by atoms with Gasteiger partial charge in [0.25, 0.3) is 5.91 Å². The van der Waals surface area contributed by atoms with E-state index in [4.69, 9.17) is 29.1 Å². The molecule has 0 saturated carbocycles. The summed E-state index contributed by atoms with van der Waals surface area (Å²) in [7, 11) is 6.23. The SMILES string of the molecule is COc1ccc(-c2cccc(-c3cc(OC)c(OC)c(OC)c3)n2)cc1/C=C/C(=O)NO. The van der Waals surface area contributed by atoms with Crippen LogP contribution in [0.25, 0.3) is 28.6 Å². The minimum absolute atomic E-state index is 0.508. The van der Waals surface area contributed by atoms with Gasteiger partial charge in [-0.3, -0.25) is 10.0 Å². The van der Waals surface area contributed by atoms with Crippen LogP contribution >= 0.6 is 0 Å². The lowest BCUT2D eigenvalue weighted by molar-refractivity contribution is -0.124. The predicted molar refractivity (Wildman–Crippen MR) is 120 cm³/mol. The van der Waals surface area contributed by atoms with Crippen molar-refractivity contribution in [3.05, 3.63) is 60.2 Å². The molecule has 8 heteroatoms. The minimum Gasteiger partial charge on any atom is -0.496 e. The molecule has 1 aromatic heterocycles. The molecule has 0 atom stereocenters. The second-order valence-corrected chi connectivity index (χ2v) is 6.59. The minimum atomic E-state index is -0.639. The molecule has 0 aliphatic rings. The number of carbonyl (C=O) groups excluding carboxylic acids is 1. The molecule has 0 spiro atoms. The summed E-state index contributed by atoms with van der Waals surface area (Å²) in [5.74, 6) is 1.52. The lowest BCUT2D eigenvalue weighted by Crippen LogP contribution is -2.14. The van der Waals surface area contributed by atoms with Gasteiger partial charge in [-0.2, -0.15) is 0 Å². The Morgan fingerprint density at radius 3 is 2.03 bits per heavy atom. The average Bonchev–Trinajstić information content (AvgIpc) is 2.85. The van der Waals surface area contributed by atoms with Crippen LogP contribution in [0.4, 0.5) is 0 Å². The number of hydrogen-bond donors (Lipinski definition) is 2. The third kappa shape index (κ3) is 4.81. The van der Waals surface area contributed by atoms with Crippen molar-refractivity contribution in [2.75, 3.05) is 28.4 Å². The highest BCUT2D eigenvalue weighted by Gasteiger charge is 2.15. The highest BCUT2D eigenvalue weighted by atomic mass is 16.5. The molecule has 0 fully saturated rings. The molecule has 0 aliphatic carbocycles. The quantitative estimate of drug-likeness (QED) is 0.313. The maximum Gasteiger partial charge on any atom is 0.267 e. The van der Waals surface area contributed by atoms with Crippen molar-refractivity contribution in [3.63, 3.8) is 0 Å². The van der Waals surface area contributed by atoms with E-state index in [1.165, 1.54) is 6.08 Å². The highest BCUT2D eigenvalue weighted by molar-refractivity contribution is 5.91. The molecule has 0 saturated heterocycles. The van der Waals surface area contributed by atoms with Gasteiger partial charge in [-0.25, -0.2) is 10.5 Å². The first kappa shape index (κ1) is 22.6. The summed E-state index contributed by atoms with van der Waals surface area (Å²) in [6, 6.07) is 14.9. The Bertz CT molecular complexity index is 1120. The fourth-order valence-electron chi connectivity index (χ4n) is 3.21. The van der Waals surface area contributed by atoms with Crippen LogP contribution in [0.15, 0.2) is 54.6 Å². The zero-order chi connectivity index (χ0) is 23.1. The zero-order valence-electron chi connectivity index (χ0n) is 18.2. The van der Waals surface area contributed by atoms with Crippen LogP contribution in [-0.4, -0.2) is 44.5 Å². The normalized spacial score (nSPS) is 10.7. The van der Waals surface area contributed by atoms with Crippen molar-refractivity contribution >= 4 is 12.0 Å². The number of nitrogens with zero attached hydrogens (tertiary/aromatic N) is 1. The first-order valence-electron chi connectivity index (χ1n) is 9.62. The number of pyridine rings is 1. The molecule has 0 bridgehead atoms. The number of rotatable bonds is 8. The Morgan fingerprint density at radius 2 is 1.47 bits per heavy atom. The summed E-state index contributed by atoms with van der Waals surface area (Å²) < 4.78 is 21.7. The molecular formula is C24H24N2O6. The van der Waals surface area contributed by atoms with E-state index in [1.54, 1.807) is 46.1 Å². The molecule has 1 heterocycles. The Hall–Kier alpha value is -4.04. The van der Waals surface area contributed by atoms with E-state index in [-0.39, 0.29) is 0 Å². The second-order valence-electron chi connectivity index (χ2n) is 6.59. The number of aromatic nitrogens is 1. The van der Waals surface area contributed by atoms with E-state index in [1.807, 2.05) is 42.5 Å². The van der Waals surface area contributed by atoms with Crippen LogP contribution in [0, 0.1) is 0 Å². The van der Waals surface area contributed by atoms with Gasteiger partial charge < -0.3 is 18.9 Å². The lowest BCUT2D eigenvalue weighted by Gasteiger charge is -2.14. The largest absolute Gasteiger partial charge is 0.496 e. The van der Waals surface area contributed by atoms with Gasteiger partial charge in [-0.05, 0) is 48.5 Å². The number of hydroxylamine groups is 1. The standard InChI is InChI=1S/C24H24N2O6/c1-29-20-10-8-15(12-16(20)9-11-23(27)26-28)18-6-5-7-19(25-18)17-13-21(30-2)24(32-4)22(14-17)31-3/h5-14,28H,1-4H3,(H,26,27)/b11-9+. The molecule has 3 rings (SSSR count). The molecule has 1 amide bonds. The third-order valence-corrected chi connectivity index (χ3v) is 4.76.